The fourth-order valence-corrected chi connectivity index (χ4v) is 5.58. The van der Waals surface area contributed by atoms with Gasteiger partial charge in [-0.1, -0.05) is 0 Å². The number of aliphatic hydroxyl groups excluding tert-OH is 1. The molecule has 3 heterocycles. The third kappa shape index (κ3) is 3.07. The molecule has 2 aliphatic carbocycles. The smallest absolute Gasteiger partial charge is 0.258 e. The van der Waals surface area contributed by atoms with Crippen molar-refractivity contribution in [3.05, 3.63) is 73.5 Å². The van der Waals surface area contributed by atoms with Crippen molar-refractivity contribution in [2.75, 3.05) is 0 Å². The van der Waals surface area contributed by atoms with E-state index in [1.165, 1.54) is 23.6 Å². The van der Waals surface area contributed by atoms with E-state index in [0.717, 1.165) is 54.3 Å². The molecule has 0 radical (unpaired) electrons. The van der Waals surface area contributed by atoms with Crippen molar-refractivity contribution in [2.24, 2.45) is 0 Å². The number of allylic oxidation sites excluding steroid dienone is 1. The summed E-state index contributed by atoms with van der Waals surface area (Å²) in [6.45, 7) is 4.09. The fourth-order valence-electron chi connectivity index (χ4n) is 5.58. The van der Waals surface area contributed by atoms with Gasteiger partial charge in [0.05, 0.1) is 41.4 Å². The van der Waals surface area contributed by atoms with Gasteiger partial charge in [0.15, 0.2) is 0 Å². The Morgan fingerprint density at radius 2 is 1.94 bits per heavy atom. The van der Waals surface area contributed by atoms with E-state index in [0.29, 0.717) is 34.4 Å². The van der Waals surface area contributed by atoms with Crippen molar-refractivity contribution >= 4 is 10.9 Å². The van der Waals surface area contributed by atoms with Gasteiger partial charge in [0, 0.05) is 17.0 Å². The summed E-state index contributed by atoms with van der Waals surface area (Å²) in [6, 6.07) is 3.39. The van der Waals surface area contributed by atoms with E-state index in [9.17, 15) is 14.3 Å². The van der Waals surface area contributed by atoms with Crippen LogP contribution in [0.25, 0.3) is 22.3 Å². The lowest BCUT2D eigenvalue weighted by Gasteiger charge is -2.21. The van der Waals surface area contributed by atoms with Crippen molar-refractivity contribution in [3.8, 4) is 11.4 Å². The molecule has 0 bridgehead atoms. The van der Waals surface area contributed by atoms with E-state index in [-0.39, 0.29) is 18.0 Å². The number of aryl methyl sites for hydroxylation is 2. The molecule has 33 heavy (non-hydrogen) atoms. The molecule has 0 amide bonds. The molecule has 5 nitrogen and oxygen atoms in total. The molecule has 6 rings (SSSR count). The van der Waals surface area contributed by atoms with E-state index < -0.39 is 6.10 Å². The molecule has 1 fully saturated rings. The monoisotopic (exact) mass is 446 g/mol. The molecular weight excluding hydrogens is 419 g/mol. The third-order valence-corrected chi connectivity index (χ3v) is 7.59. The Morgan fingerprint density at radius 1 is 1.18 bits per heavy atom. The summed E-state index contributed by atoms with van der Waals surface area (Å²) < 4.78 is 22.1. The first-order valence-electron chi connectivity index (χ1n) is 11.8. The normalized spacial score (nSPS) is 16.9. The maximum atomic E-state index is 14.6. The van der Waals surface area contributed by atoms with Gasteiger partial charge in [-0.25, -0.2) is 9.37 Å². The van der Waals surface area contributed by atoms with Crippen LogP contribution in [0.1, 0.15) is 72.1 Å². The van der Waals surface area contributed by atoms with E-state index in [2.05, 4.69) is 0 Å². The quantitative estimate of drug-likeness (QED) is 0.448. The topological polar surface area (TPSA) is 64.3 Å². The highest BCUT2D eigenvalue weighted by atomic mass is 19.1. The average molecular weight is 447 g/mol. The Bertz CT molecular complexity index is 1410. The standard InChI is InChI=1S/C27H27FN2O3/c1-14-17-7-4-8-18-20-11-30-24(26(20)29-23(25(17)18)10-22(14)28)9-19(15(2)31)21(27(30)32)13-33-12-16-5-3-6-16/h9-10,12,15,31H,3-8,11,13H2,1-2H3. The van der Waals surface area contributed by atoms with Crippen molar-refractivity contribution in [1.29, 1.82) is 0 Å². The number of aromatic nitrogens is 2. The van der Waals surface area contributed by atoms with E-state index in [1.54, 1.807) is 17.8 Å². The summed E-state index contributed by atoms with van der Waals surface area (Å²) in [6.07, 6.45) is 6.94. The van der Waals surface area contributed by atoms with Crippen LogP contribution in [-0.4, -0.2) is 14.7 Å². The second-order valence-corrected chi connectivity index (χ2v) is 9.60. The Labute approximate surface area is 191 Å². The molecule has 1 unspecified atom stereocenters. The first kappa shape index (κ1) is 20.6. The van der Waals surface area contributed by atoms with E-state index in [1.807, 2.05) is 13.0 Å². The maximum absolute atomic E-state index is 14.6. The van der Waals surface area contributed by atoms with Gasteiger partial charge in [0.25, 0.3) is 5.56 Å². The highest BCUT2D eigenvalue weighted by Gasteiger charge is 2.31. The molecule has 3 aromatic rings. The zero-order valence-electron chi connectivity index (χ0n) is 19.0. The second-order valence-electron chi connectivity index (χ2n) is 9.60. The van der Waals surface area contributed by atoms with Crippen molar-refractivity contribution in [2.45, 2.75) is 71.6 Å². The van der Waals surface area contributed by atoms with Crippen LogP contribution in [-0.2, 0) is 30.7 Å². The Kier molecular flexibility index (Phi) is 4.70. The van der Waals surface area contributed by atoms with Gasteiger partial charge in [-0.05, 0) is 86.3 Å². The van der Waals surface area contributed by atoms with Crippen LogP contribution in [0.5, 0.6) is 0 Å². The molecule has 1 aliphatic heterocycles. The lowest BCUT2D eigenvalue weighted by molar-refractivity contribution is 0.187. The van der Waals surface area contributed by atoms with Gasteiger partial charge in [-0.2, -0.15) is 0 Å². The molecule has 170 valence electrons. The number of aliphatic hydroxyl groups is 1. The zero-order valence-corrected chi connectivity index (χ0v) is 19.0. The molecule has 1 atom stereocenters. The number of pyridine rings is 2. The lowest BCUT2D eigenvalue weighted by Crippen LogP contribution is -2.26. The molecule has 0 saturated heterocycles. The molecule has 3 aliphatic rings. The first-order valence-corrected chi connectivity index (χ1v) is 11.8. The van der Waals surface area contributed by atoms with Crippen LogP contribution < -0.4 is 5.56 Å². The van der Waals surface area contributed by atoms with Crippen LogP contribution in [0.3, 0.4) is 0 Å². The maximum Gasteiger partial charge on any atom is 0.258 e. The fraction of sp³-hybridized carbons (Fsp3) is 0.407. The van der Waals surface area contributed by atoms with E-state index >= 15 is 0 Å². The summed E-state index contributed by atoms with van der Waals surface area (Å²) in [5, 5.41) is 11.5. The Morgan fingerprint density at radius 3 is 2.67 bits per heavy atom. The van der Waals surface area contributed by atoms with Crippen LogP contribution >= 0.6 is 0 Å². The minimum absolute atomic E-state index is 0.135. The summed E-state index contributed by atoms with van der Waals surface area (Å²) in [7, 11) is 0. The van der Waals surface area contributed by atoms with Crippen LogP contribution in [0.15, 0.2) is 28.8 Å². The predicted octanol–water partition coefficient (Wildman–Crippen LogP) is 5.00. The summed E-state index contributed by atoms with van der Waals surface area (Å²) in [5.74, 6) is -0.231. The molecule has 1 saturated carbocycles. The van der Waals surface area contributed by atoms with Gasteiger partial charge in [0.2, 0.25) is 0 Å². The number of hydrogen-bond donors (Lipinski definition) is 1. The Hall–Kier alpha value is -2.99. The van der Waals surface area contributed by atoms with Gasteiger partial charge < -0.3 is 14.4 Å². The van der Waals surface area contributed by atoms with Gasteiger partial charge in [-0.3, -0.25) is 4.79 Å². The number of halogens is 1. The number of nitrogens with zero attached hydrogens (tertiary/aromatic N) is 2. The molecule has 6 heteroatoms. The molecular formula is C27H27FN2O3. The molecule has 0 spiro atoms. The van der Waals surface area contributed by atoms with Crippen molar-refractivity contribution in [3.63, 3.8) is 0 Å². The SMILES string of the molecule is Cc1c(F)cc2nc3c(c4c2c1CCC4)Cn1c-3cc(C(C)O)c(COC=C2CCC2)c1=O. The molecule has 1 N–H and O–H groups in total. The third-order valence-electron chi connectivity index (χ3n) is 7.59. The van der Waals surface area contributed by atoms with Crippen LogP contribution in [0.2, 0.25) is 0 Å². The van der Waals surface area contributed by atoms with Gasteiger partial charge in [0.1, 0.15) is 12.4 Å². The Balaban J connectivity index is 1.52. The summed E-state index contributed by atoms with van der Waals surface area (Å²) in [5.41, 5.74) is 8.23. The average Bonchev–Trinajstić information content (AvgIpc) is 3.13. The number of ether oxygens (including phenoxy) is 1. The second kappa shape index (κ2) is 7.52. The minimum atomic E-state index is -0.812. The van der Waals surface area contributed by atoms with E-state index in [4.69, 9.17) is 9.72 Å². The number of benzene rings is 1. The summed E-state index contributed by atoms with van der Waals surface area (Å²) in [4.78, 5) is 18.4. The largest absolute Gasteiger partial charge is 0.496 e. The number of fused-ring (bicyclic) bond motifs is 4. The van der Waals surface area contributed by atoms with Crippen molar-refractivity contribution < 1.29 is 14.2 Å². The van der Waals surface area contributed by atoms with Gasteiger partial charge >= 0.3 is 0 Å². The van der Waals surface area contributed by atoms with Crippen LogP contribution in [0, 0.1) is 12.7 Å². The lowest BCUT2D eigenvalue weighted by atomic mass is 9.85. The zero-order chi connectivity index (χ0) is 22.9. The highest BCUT2D eigenvalue weighted by molar-refractivity contribution is 5.92. The number of hydrogen-bond acceptors (Lipinski definition) is 4. The van der Waals surface area contributed by atoms with Gasteiger partial charge in [-0.15, -0.1) is 0 Å². The predicted molar refractivity (Wildman–Crippen MR) is 125 cm³/mol. The molecule has 1 aromatic carbocycles. The minimum Gasteiger partial charge on any atom is -0.496 e. The summed E-state index contributed by atoms with van der Waals surface area (Å²) >= 11 is 0. The number of rotatable bonds is 4. The first-order chi connectivity index (χ1) is 15.9. The highest BCUT2D eigenvalue weighted by Crippen LogP contribution is 2.41. The molecule has 2 aromatic heterocycles. The van der Waals surface area contributed by atoms with Crippen molar-refractivity contribution in [1.82, 2.24) is 9.55 Å². The van der Waals surface area contributed by atoms with Crippen LogP contribution in [0.4, 0.5) is 4.39 Å².